The van der Waals surface area contributed by atoms with Crippen LogP contribution in [0.1, 0.15) is 46.0 Å². The van der Waals surface area contributed by atoms with Gasteiger partial charge >= 0.3 is 0 Å². The molecule has 1 aliphatic carbocycles. The number of hydrogen-bond donors (Lipinski definition) is 1. The van der Waals surface area contributed by atoms with Crippen molar-refractivity contribution in [3.05, 3.63) is 0 Å². The van der Waals surface area contributed by atoms with E-state index in [1.165, 1.54) is 32.1 Å². The van der Waals surface area contributed by atoms with Crippen molar-refractivity contribution in [2.24, 2.45) is 17.6 Å². The van der Waals surface area contributed by atoms with E-state index in [0.29, 0.717) is 6.04 Å². The highest BCUT2D eigenvalue weighted by Crippen LogP contribution is 2.32. The van der Waals surface area contributed by atoms with Crippen LogP contribution in [0.3, 0.4) is 0 Å². The van der Waals surface area contributed by atoms with E-state index in [4.69, 9.17) is 5.73 Å². The van der Waals surface area contributed by atoms with Gasteiger partial charge in [0.05, 0.1) is 0 Å². The molecule has 0 aromatic carbocycles. The summed E-state index contributed by atoms with van der Waals surface area (Å²) < 4.78 is 0. The van der Waals surface area contributed by atoms with Crippen LogP contribution in [0.15, 0.2) is 0 Å². The molecule has 0 aromatic heterocycles. The van der Waals surface area contributed by atoms with E-state index in [0.717, 1.165) is 11.8 Å². The molecule has 0 radical (unpaired) electrons. The molecule has 0 spiro atoms. The summed E-state index contributed by atoms with van der Waals surface area (Å²) in [6, 6.07) is 0.491. The molecule has 0 aromatic rings. The Morgan fingerprint density at radius 1 is 1.45 bits per heavy atom. The van der Waals surface area contributed by atoms with E-state index >= 15 is 0 Å². The van der Waals surface area contributed by atoms with Crippen LogP contribution in [0.4, 0.5) is 0 Å². The van der Waals surface area contributed by atoms with Crippen LogP contribution in [-0.2, 0) is 0 Å². The molecule has 2 N–H and O–H groups in total. The highest BCUT2D eigenvalue weighted by atomic mass is 14.7. The predicted octanol–water partition coefficient (Wildman–Crippen LogP) is 2.55. The maximum absolute atomic E-state index is 6.05. The normalized spacial score (nSPS) is 34.1. The zero-order valence-corrected chi connectivity index (χ0v) is 7.84. The largest absolute Gasteiger partial charge is 0.327 e. The minimum absolute atomic E-state index is 0.491. The lowest BCUT2D eigenvalue weighted by molar-refractivity contribution is 0.395. The summed E-state index contributed by atoms with van der Waals surface area (Å²) in [4.78, 5) is 0. The summed E-state index contributed by atoms with van der Waals surface area (Å²) in [5.74, 6) is 1.77. The van der Waals surface area contributed by atoms with Crippen molar-refractivity contribution in [2.75, 3.05) is 0 Å². The SMILES string of the molecule is CCC[C@H](N)C1CCC(C)C1. The van der Waals surface area contributed by atoms with E-state index in [2.05, 4.69) is 13.8 Å². The Labute approximate surface area is 70.4 Å². The second kappa shape index (κ2) is 4.10. The summed E-state index contributed by atoms with van der Waals surface area (Å²) in [5, 5.41) is 0. The minimum atomic E-state index is 0.491. The fourth-order valence-electron chi connectivity index (χ4n) is 2.21. The van der Waals surface area contributed by atoms with E-state index in [1.54, 1.807) is 0 Å². The Balaban J connectivity index is 2.25. The molecule has 0 aliphatic heterocycles. The lowest BCUT2D eigenvalue weighted by Gasteiger charge is -2.17. The van der Waals surface area contributed by atoms with Gasteiger partial charge in [-0.1, -0.05) is 26.7 Å². The average Bonchev–Trinajstić information content (AvgIpc) is 2.36. The standard InChI is InChI=1S/C10H21N/c1-3-4-10(11)9-6-5-8(2)7-9/h8-10H,3-7,11H2,1-2H3/t8?,9?,10-/m0/s1. The molecule has 1 saturated carbocycles. The Kier molecular flexibility index (Phi) is 3.38. The maximum Gasteiger partial charge on any atom is 0.00671 e. The molecule has 1 nitrogen and oxygen atoms in total. The number of nitrogens with two attached hydrogens (primary N) is 1. The van der Waals surface area contributed by atoms with E-state index in [1.807, 2.05) is 0 Å². The molecule has 11 heavy (non-hydrogen) atoms. The van der Waals surface area contributed by atoms with Crippen molar-refractivity contribution in [3.8, 4) is 0 Å². The average molecular weight is 155 g/mol. The van der Waals surface area contributed by atoms with Gasteiger partial charge in [0.15, 0.2) is 0 Å². The smallest absolute Gasteiger partial charge is 0.00671 e. The first-order valence-corrected chi connectivity index (χ1v) is 4.99. The van der Waals surface area contributed by atoms with Crippen molar-refractivity contribution in [3.63, 3.8) is 0 Å². The summed E-state index contributed by atoms with van der Waals surface area (Å²) in [5.41, 5.74) is 6.05. The lowest BCUT2D eigenvalue weighted by Crippen LogP contribution is -2.28. The Bertz CT molecular complexity index is 111. The quantitative estimate of drug-likeness (QED) is 0.666. The van der Waals surface area contributed by atoms with Gasteiger partial charge in [0.1, 0.15) is 0 Å². The first-order chi connectivity index (χ1) is 5.24. The van der Waals surface area contributed by atoms with Gasteiger partial charge < -0.3 is 5.73 Å². The van der Waals surface area contributed by atoms with Crippen LogP contribution in [0, 0.1) is 11.8 Å². The highest BCUT2D eigenvalue weighted by Gasteiger charge is 2.25. The third kappa shape index (κ3) is 2.48. The first-order valence-electron chi connectivity index (χ1n) is 4.99. The summed E-state index contributed by atoms with van der Waals surface area (Å²) >= 11 is 0. The molecule has 0 bridgehead atoms. The molecule has 1 heteroatoms. The molecule has 0 saturated heterocycles. The molecule has 1 aliphatic rings. The van der Waals surface area contributed by atoms with Crippen LogP contribution in [0.25, 0.3) is 0 Å². The second-order valence-electron chi connectivity index (χ2n) is 4.13. The van der Waals surface area contributed by atoms with E-state index in [9.17, 15) is 0 Å². The Hall–Kier alpha value is -0.0400. The highest BCUT2D eigenvalue weighted by molar-refractivity contribution is 4.80. The topological polar surface area (TPSA) is 26.0 Å². The van der Waals surface area contributed by atoms with Crippen LogP contribution >= 0.6 is 0 Å². The third-order valence-electron chi connectivity index (χ3n) is 2.96. The molecule has 3 atom stereocenters. The summed E-state index contributed by atoms with van der Waals surface area (Å²) in [7, 11) is 0. The van der Waals surface area contributed by atoms with Crippen molar-refractivity contribution < 1.29 is 0 Å². The van der Waals surface area contributed by atoms with Gasteiger partial charge in [0.25, 0.3) is 0 Å². The van der Waals surface area contributed by atoms with Gasteiger partial charge in [-0.2, -0.15) is 0 Å². The molecular weight excluding hydrogens is 134 g/mol. The minimum Gasteiger partial charge on any atom is -0.327 e. The summed E-state index contributed by atoms with van der Waals surface area (Å²) in [6.07, 6.45) is 6.62. The van der Waals surface area contributed by atoms with Gasteiger partial charge in [-0.3, -0.25) is 0 Å². The van der Waals surface area contributed by atoms with Crippen molar-refractivity contribution >= 4 is 0 Å². The third-order valence-corrected chi connectivity index (χ3v) is 2.96. The zero-order valence-electron chi connectivity index (χ0n) is 7.84. The van der Waals surface area contributed by atoms with Crippen LogP contribution < -0.4 is 5.73 Å². The van der Waals surface area contributed by atoms with E-state index < -0.39 is 0 Å². The van der Waals surface area contributed by atoms with Crippen LogP contribution in [0.5, 0.6) is 0 Å². The van der Waals surface area contributed by atoms with Gasteiger partial charge in [-0.25, -0.2) is 0 Å². The van der Waals surface area contributed by atoms with Gasteiger partial charge in [-0.15, -0.1) is 0 Å². The molecule has 2 unspecified atom stereocenters. The molecule has 1 fully saturated rings. The van der Waals surface area contributed by atoms with Gasteiger partial charge in [0, 0.05) is 6.04 Å². The van der Waals surface area contributed by atoms with E-state index in [-0.39, 0.29) is 0 Å². The Morgan fingerprint density at radius 2 is 2.18 bits per heavy atom. The second-order valence-corrected chi connectivity index (χ2v) is 4.13. The van der Waals surface area contributed by atoms with Gasteiger partial charge in [0.2, 0.25) is 0 Å². The molecular formula is C10H21N. The zero-order chi connectivity index (χ0) is 8.27. The van der Waals surface area contributed by atoms with Crippen molar-refractivity contribution in [1.82, 2.24) is 0 Å². The monoisotopic (exact) mass is 155 g/mol. The van der Waals surface area contributed by atoms with Crippen molar-refractivity contribution in [1.29, 1.82) is 0 Å². The van der Waals surface area contributed by atoms with Crippen molar-refractivity contribution in [2.45, 2.75) is 52.0 Å². The lowest BCUT2D eigenvalue weighted by atomic mass is 9.94. The van der Waals surface area contributed by atoms with Gasteiger partial charge in [-0.05, 0) is 31.1 Å². The maximum atomic E-state index is 6.05. The molecule has 66 valence electrons. The fourth-order valence-corrected chi connectivity index (χ4v) is 2.21. The molecule has 0 amide bonds. The number of rotatable bonds is 3. The van der Waals surface area contributed by atoms with Crippen LogP contribution in [0.2, 0.25) is 0 Å². The molecule has 0 heterocycles. The fraction of sp³-hybridized carbons (Fsp3) is 1.00. The Morgan fingerprint density at radius 3 is 2.64 bits per heavy atom. The first kappa shape index (κ1) is 9.05. The van der Waals surface area contributed by atoms with Crippen LogP contribution in [-0.4, -0.2) is 6.04 Å². The summed E-state index contributed by atoms with van der Waals surface area (Å²) in [6.45, 7) is 4.57. The predicted molar refractivity (Wildman–Crippen MR) is 49.4 cm³/mol. The number of hydrogen-bond acceptors (Lipinski definition) is 1. The molecule has 1 rings (SSSR count).